The number of nitrogens with zero attached hydrogens (tertiary/aromatic N) is 2. The summed E-state index contributed by atoms with van der Waals surface area (Å²) in [4.78, 5) is 106. The highest BCUT2D eigenvalue weighted by molar-refractivity contribution is 5.88. The molecule has 0 aliphatic carbocycles. The minimum Gasteiger partial charge on any atom is -0.463 e. The number of esters is 5. The van der Waals surface area contributed by atoms with Crippen LogP contribution >= 0.6 is 0 Å². The molecule has 0 aromatic rings. The van der Waals surface area contributed by atoms with Crippen LogP contribution in [0.4, 0.5) is 0 Å². The molecule has 0 bridgehead atoms. The van der Waals surface area contributed by atoms with Gasteiger partial charge in [0.1, 0.15) is 49.7 Å². The van der Waals surface area contributed by atoms with E-state index in [0.717, 1.165) is 48.5 Å². The van der Waals surface area contributed by atoms with E-state index < -0.39 is 134 Å². The maximum absolute atomic E-state index is 13.6. The van der Waals surface area contributed by atoms with Crippen LogP contribution in [0.2, 0.25) is 0 Å². The van der Waals surface area contributed by atoms with Crippen molar-refractivity contribution in [3.8, 4) is 0 Å². The van der Waals surface area contributed by atoms with Crippen molar-refractivity contribution in [3.63, 3.8) is 0 Å². The van der Waals surface area contributed by atoms with Crippen LogP contribution in [0.3, 0.4) is 0 Å². The lowest BCUT2D eigenvalue weighted by Crippen LogP contribution is -2.72. The van der Waals surface area contributed by atoms with Gasteiger partial charge in [-0.25, -0.2) is 4.99 Å². The van der Waals surface area contributed by atoms with E-state index in [-0.39, 0.29) is 6.02 Å². The highest BCUT2D eigenvalue weighted by Crippen LogP contribution is 2.33. The van der Waals surface area contributed by atoms with Gasteiger partial charge in [-0.1, -0.05) is 0 Å². The quantitative estimate of drug-likeness (QED) is 0.129. The Morgan fingerprint density at radius 3 is 1.56 bits per heavy atom. The lowest BCUT2D eigenvalue weighted by atomic mass is 9.93. The molecule has 12 atom stereocenters. The SMILES string of the molecule is CC(=O)N[C@@H]1[C@@H](OC(C)=O)[C@H](O[C@@H]2O[C@H](COC(C)=O)[C@@H](OC(C)=O)[C@H](OC(C)=O)[C@H]2NC(C)=O)[C@@H](COC(C)=O)O[C@H]1NC(=O)[C@H]1N=C(N(C)C)O[C@@H]1C. The zero-order valence-electron chi connectivity index (χ0n) is 32.2. The maximum Gasteiger partial charge on any atom is 0.303 e. The third-order valence-electron chi connectivity index (χ3n) is 8.10. The Hall–Kier alpha value is -5.09. The van der Waals surface area contributed by atoms with Crippen LogP contribution in [-0.2, 0) is 81.0 Å². The number of carbonyl (C=O) groups is 8. The third-order valence-corrected chi connectivity index (χ3v) is 8.10. The van der Waals surface area contributed by atoms with E-state index in [0.29, 0.717) is 0 Å². The van der Waals surface area contributed by atoms with Crippen LogP contribution < -0.4 is 16.0 Å². The Kier molecular flexibility index (Phi) is 15.7. The van der Waals surface area contributed by atoms with E-state index in [1.54, 1.807) is 25.9 Å². The first-order valence-electron chi connectivity index (χ1n) is 17.2. The highest BCUT2D eigenvalue weighted by Gasteiger charge is 2.56. The Morgan fingerprint density at radius 2 is 1.11 bits per heavy atom. The molecule has 0 aromatic heterocycles. The number of ether oxygens (including phenoxy) is 9. The van der Waals surface area contributed by atoms with E-state index >= 15 is 0 Å². The number of amides is 3. The third kappa shape index (κ3) is 12.5. The zero-order valence-corrected chi connectivity index (χ0v) is 32.2. The summed E-state index contributed by atoms with van der Waals surface area (Å²) in [5.74, 6) is -6.14. The highest BCUT2D eigenvalue weighted by atomic mass is 16.7. The standard InChI is InChI=1S/C33H49N5O17/c1-13-23(36-33(49-13)38(9)10)30(46)37-31-24(34-14(2)39)28(51-19(7)44)27(21(53-31)11-47-16(4)41)55-32-25(35-15(3)40)29(52-20(8)45)26(50-18(6)43)22(54-32)12-48-17(5)42/h13,21-29,31-32H,11-12H2,1-10H3,(H,34,39)(H,35,40)(H,37,46)/t13-,21-,22-,23+,24-,25-,26-,27-,28-,29-,31-,32+/m1/s1. The molecule has 55 heavy (non-hydrogen) atoms. The molecule has 22 nitrogen and oxygen atoms in total. The van der Waals surface area contributed by atoms with Gasteiger partial charge >= 0.3 is 29.8 Å². The molecular weight excluding hydrogens is 738 g/mol. The molecule has 3 heterocycles. The Labute approximate surface area is 316 Å². The molecule has 2 fully saturated rings. The first kappa shape index (κ1) is 44.3. The Bertz CT molecular complexity index is 1510. The fraction of sp³-hybridized carbons (Fsp3) is 0.727. The van der Waals surface area contributed by atoms with E-state index in [1.807, 2.05) is 0 Å². The molecule has 2 saturated heterocycles. The van der Waals surface area contributed by atoms with Gasteiger partial charge in [-0.15, -0.1) is 0 Å². The first-order valence-corrected chi connectivity index (χ1v) is 17.2. The van der Waals surface area contributed by atoms with Crippen molar-refractivity contribution in [2.45, 2.75) is 129 Å². The van der Waals surface area contributed by atoms with Gasteiger partial charge in [0.15, 0.2) is 36.9 Å². The smallest absolute Gasteiger partial charge is 0.303 e. The number of amidine groups is 1. The van der Waals surface area contributed by atoms with Crippen LogP contribution in [0.1, 0.15) is 55.4 Å². The molecule has 0 radical (unpaired) electrons. The van der Waals surface area contributed by atoms with E-state index in [1.165, 1.54) is 0 Å². The van der Waals surface area contributed by atoms with Gasteiger partial charge in [0.2, 0.25) is 11.8 Å². The summed E-state index contributed by atoms with van der Waals surface area (Å²) >= 11 is 0. The number of hydrogen-bond acceptors (Lipinski definition) is 19. The summed E-state index contributed by atoms with van der Waals surface area (Å²) in [6.07, 6.45) is -12.9. The van der Waals surface area contributed by atoms with Gasteiger partial charge in [0.25, 0.3) is 11.9 Å². The second kappa shape index (κ2) is 19.5. The number of hydrogen-bond donors (Lipinski definition) is 3. The summed E-state index contributed by atoms with van der Waals surface area (Å²) in [6, 6.07) is -3.77. The molecule has 0 spiro atoms. The monoisotopic (exact) mass is 787 g/mol. The lowest BCUT2D eigenvalue weighted by Gasteiger charge is -2.49. The zero-order chi connectivity index (χ0) is 41.3. The van der Waals surface area contributed by atoms with Gasteiger partial charge in [-0.2, -0.15) is 0 Å². The first-order chi connectivity index (χ1) is 25.7. The number of carbonyl (C=O) groups excluding carboxylic acids is 8. The van der Waals surface area contributed by atoms with Crippen molar-refractivity contribution in [1.29, 1.82) is 0 Å². The van der Waals surface area contributed by atoms with Gasteiger partial charge in [-0.3, -0.25) is 38.4 Å². The van der Waals surface area contributed by atoms with E-state index in [4.69, 9.17) is 42.6 Å². The molecule has 3 N–H and O–H groups in total. The predicted octanol–water partition coefficient (Wildman–Crippen LogP) is -2.43. The molecular formula is C33H49N5O17. The number of rotatable bonds is 13. The minimum absolute atomic E-state index is 0.186. The van der Waals surface area contributed by atoms with Crippen LogP contribution in [0.15, 0.2) is 4.99 Å². The van der Waals surface area contributed by atoms with Crippen molar-refractivity contribution in [2.24, 2.45) is 4.99 Å². The number of nitrogens with one attached hydrogen (secondary N) is 3. The summed E-state index contributed by atoms with van der Waals surface area (Å²) in [5, 5.41) is 7.83. The van der Waals surface area contributed by atoms with Gasteiger partial charge in [-0.05, 0) is 6.92 Å². The van der Waals surface area contributed by atoms with E-state index in [9.17, 15) is 38.4 Å². The van der Waals surface area contributed by atoms with Crippen LogP contribution in [0.25, 0.3) is 0 Å². The summed E-state index contributed by atoms with van der Waals surface area (Å²) in [5.41, 5.74) is 0. The molecule has 22 heteroatoms. The molecule has 308 valence electrons. The maximum atomic E-state index is 13.6. The largest absolute Gasteiger partial charge is 0.463 e. The normalized spacial score (nSPS) is 31.3. The fourth-order valence-electron chi connectivity index (χ4n) is 6.05. The molecule has 3 aliphatic heterocycles. The van der Waals surface area contributed by atoms with Crippen molar-refractivity contribution in [3.05, 3.63) is 0 Å². The van der Waals surface area contributed by atoms with Crippen molar-refractivity contribution in [1.82, 2.24) is 20.9 Å². The summed E-state index contributed by atoms with van der Waals surface area (Å²) in [7, 11) is 3.34. The van der Waals surface area contributed by atoms with Gasteiger partial charge < -0.3 is 63.5 Å². The molecule has 0 aromatic carbocycles. The Balaban J connectivity index is 2.15. The van der Waals surface area contributed by atoms with E-state index in [2.05, 4.69) is 20.9 Å². The topological polar surface area (TPSA) is 271 Å². The van der Waals surface area contributed by atoms with Crippen molar-refractivity contribution < 1.29 is 81.0 Å². The fourth-order valence-corrected chi connectivity index (χ4v) is 6.05. The number of aliphatic imine (C=N–C) groups is 1. The molecule has 3 rings (SSSR count). The van der Waals surface area contributed by atoms with Crippen LogP contribution in [0, 0.1) is 0 Å². The van der Waals surface area contributed by atoms with Crippen molar-refractivity contribution >= 4 is 53.6 Å². The average molecular weight is 788 g/mol. The average Bonchev–Trinajstić information content (AvgIpc) is 3.45. The molecule has 0 saturated carbocycles. The predicted molar refractivity (Wildman–Crippen MR) is 181 cm³/mol. The second-order valence-electron chi connectivity index (χ2n) is 13.1. The molecule has 3 aliphatic rings. The molecule has 0 unspecified atom stereocenters. The summed E-state index contributed by atoms with van der Waals surface area (Å²) < 4.78 is 51.6. The Morgan fingerprint density at radius 1 is 0.636 bits per heavy atom. The minimum atomic E-state index is -1.72. The van der Waals surface area contributed by atoms with Gasteiger partial charge in [0, 0.05) is 62.6 Å². The summed E-state index contributed by atoms with van der Waals surface area (Å²) in [6.45, 7) is 8.16. The van der Waals surface area contributed by atoms with Crippen LogP contribution in [0.5, 0.6) is 0 Å². The van der Waals surface area contributed by atoms with Gasteiger partial charge in [0.05, 0.1) is 0 Å². The van der Waals surface area contributed by atoms with Crippen molar-refractivity contribution in [2.75, 3.05) is 27.3 Å². The molecule has 3 amide bonds. The van der Waals surface area contributed by atoms with Crippen LogP contribution in [-0.4, -0.2) is 159 Å². The second-order valence-corrected chi connectivity index (χ2v) is 13.1. The lowest BCUT2D eigenvalue weighted by molar-refractivity contribution is -0.318.